The summed E-state index contributed by atoms with van der Waals surface area (Å²) in [4.78, 5) is 45.5. The maximum Gasteiger partial charge on any atom is 0.285 e. The second kappa shape index (κ2) is 8.16. The van der Waals surface area contributed by atoms with E-state index in [2.05, 4.69) is 5.43 Å². The molecule has 0 aromatic heterocycles. The number of rotatable bonds is 5. The minimum absolute atomic E-state index is 0.00685. The van der Waals surface area contributed by atoms with Crippen LogP contribution in [0.15, 0.2) is 53.4 Å². The van der Waals surface area contributed by atoms with Crippen molar-refractivity contribution in [3.05, 3.63) is 84.8 Å². The summed E-state index contributed by atoms with van der Waals surface area (Å²) in [5.74, 6) is -1.32. The fourth-order valence-corrected chi connectivity index (χ4v) is 3.51. The van der Waals surface area contributed by atoms with E-state index in [0.717, 1.165) is 22.8 Å². The van der Waals surface area contributed by atoms with Gasteiger partial charge in [0.25, 0.3) is 23.2 Å². The number of nitrogens with one attached hydrogen (secondary N) is 1. The molecule has 0 aliphatic carbocycles. The van der Waals surface area contributed by atoms with Crippen LogP contribution in [0, 0.1) is 20.2 Å². The number of nitro groups is 2. The molecule has 2 aromatic rings. The molecular formula is C17H10N4O6S2. The molecule has 0 saturated carbocycles. The molecule has 0 unspecified atom stereocenters. The van der Waals surface area contributed by atoms with Gasteiger partial charge in [-0.25, -0.2) is 0 Å². The monoisotopic (exact) mass is 430 g/mol. The van der Waals surface area contributed by atoms with Crippen LogP contribution in [0.3, 0.4) is 0 Å². The Morgan fingerprint density at radius 1 is 1.07 bits per heavy atom. The Morgan fingerprint density at radius 3 is 2.34 bits per heavy atom. The first kappa shape index (κ1) is 20.1. The predicted molar refractivity (Wildman–Crippen MR) is 109 cm³/mol. The van der Waals surface area contributed by atoms with E-state index in [-0.39, 0.29) is 26.2 Å². The first-order chi connectivity index (χ1) is 13.8. The highest BCUT2D eigenvalue weighted by atomic mass is 32.2. The largest absolute Gasteiger partial charge is 0.285 e. The zero-order chi connectivity index (χ0) is 21.1. The normalized spacial score (nSPS) is 14.9. The SMILES string of the molecule is O=C(NN1C(=O)/C(=C/c2ccc([N+](=O)[O-])cc2)SC1=S)c1cccc([N+](=O)[O-])c1. The van der Waals surface area contributed by atoms with Gasteiger partial charge in [-0.2, -0.15) is 5.01 Å². The van der Waals surface area contributed by atoms with Crippen molar-refractivity contribution in [2.45, 2.75) is 0 Å². The average Bonchev–Trinajstić information content (AvgIpc) is 2.95. The van der Waals surface area contributed by atoms with E-state index in [1.54, 1.807) is 0 Å². The third-order valence-corrected chi connectivity index (χ3v) is 5.03. The van der Waals surface area contributed by atoms with Gasteiger partial charge in [-0.1, -0.05) is 17.8 Å². The number of nitrogens with zero attached hydrogens (tertiary/aromatic N) is 3. The molecule has 2 aromatic carbocycles. The highest BCUT2D eigenvalue weighted by Crippen LogP contribution is 2.31. The predicted octanol–water partition coefficient (Wildman–Crippen LogP) is 3.05. The molecule has 0 spiro atoms. The Kier molecular flexibility index (Phi) is 5.66. The molecule has 1 fully saturated rings. The average molecular weight is 430 g/mol. The maximum atomic E-state index is 12.6. The first-order valence-corrected chi connectivity index (χ1v) is 9.06. The van der Waals surface area contributed by atoms with Crippen molar-refractivity contribution in [3.8, 4) is 0 Å². The molecule has 3 rings (SSSR count). The molecule has 29 heavy (non-hydrogen) atoms. The van der Waals surface area contributed by atoms with Gasteiger partial charge in [0.1, 0.15) is 0 Å². The molecule has 0 radical (unpaired) electrons. The summed E-state index contributed by atoms with van der Waals surface area (Å²) in [5.41, 5.74) is 2.52. The molecule has 1 saturated heterocycles. The maximum absolute atomic E-state index is 12.6. The second-order valence-corrected chi connectivity index (χ2v) is 7.29. The lowest BCUT2D eigenvalue weighted by atomic mass is 10.2. The van der Waals surface area contributed by atoms with Crippen LogP contribution in [0.25, 0.3) is 6.08 Å². The minimum atomic E-state index is -0.735. The van der Waals surface area contributed by atoms with Gasteiger partial charge in [-0.3, -0.25) is 35.2 Å². The number of benzene rings is 2. The summed E-state index contributed by atoms with van der Waals surface area (Å²) >= 11 is 6.06. The van der Waals surface area contributed by atoms with Crippen molar-refractivity contribution in [3.63, 3.8) is 0 Å². The summed E-state index contributed by atoms with van der Waals surface area (Å²) in [6, 6.07) is 10.6. The van der Waals surface area contributed by atoms with Gasteiger partial charge in [0, 0.05) is 29.8 Å². The fourth-order valence-electron chi connectivity index (χ4n) is 2.33. The minimum Gasteiger partial charge on any atom is -0.267 e. The molecule has 146 valence electrons. The van der Waals surface area contributed by atoms with Crippen LogP contribution in [0.4, 0.5) is 11.4 Å². The standard InChI is InChI=1S/C17H10N4O6S2/c22-15(11-2-1-3-13(9-11)21(26)27)18-19-16(23)14(29-17(19)28)8-10-4-6-12(7-5-10)20(24)25/h1-9H,(H,18,22)/b14-8-. The van der Waals surface area contributed by atoms with E-state index >= 15 is 0 Å². The van der Waals surface area contributed by atoms with Crippen LogP contribution in [0.1, 0.15) is 15.9 Å². The Bertz CT molecular complexity index is 1080. The number of hydrogen-bond acceptors (Lipinski definition) is 8. The number of thiocarbonyl (C=S) groups is 1. The van der Waals surface area contributed by atoms with Crippen LogP contribution in [-0.4, -0.2) is 31.0 Å². The van der Waals surface area contributed by atoms with Gasteiger partial charge >= 0.3 is 0 Å². The lowest BCUT2D eigenvalue weighted by Crippen LogP contribution is -2.44. The van der Waals surface area contributed by atoms with E-state index in [9.17, 15) is 29.8 Å². The molecule has 1 aliphatic rings. The molecule has 0 atom stereocenters. The second-order valence-electron chi connectivity index (χ2n) is 5.61. The molecular weight excluding hydrogens is 420 g/mol. The number of non-ortho nitro benzene ring substituents is 2. The Balaban J connectivity index is 1.76. The molecule has 10 nitrogen and oxygen atoms in total. The van der Waals surface area contributed by atoms with Crippen molar-refractivity contribution in [2.24, 2.45) is 0 Å². The van der Waals surface area contributed by atoms with Crippen molar-refractivity contribution in [1.29, 1.82) is 0 Å². The van der Waals surface area contributed by atoms with E-state index < -0.39 is 21.7 Å². The smallest absolute Gasteiger partial charge is 0.267 e. The van der Waals surface area contributed by atoms with Crippen LogP contribution in [-0.2, 0) is 4.79 Å². The summed E-state index contributed by atoms with van der Waals surface area (Å²) in [6.45, 7) is 0. The van der Waals surface area contributed by atoms with Crippen LogP contribution < -0.4 is 5.43 Å². The number of carbonyl (C=O) groups is 2. The van der Waals surface area contributed by atoms with Gasteiger partial charge in [0.2, 0.25) is 0 Å². The molecule has 12 heteroatoms. The van der Waals surface area contributed by atoms with Gasteiger partial charge in [0.05, 0.1) is 14.8 Å². The molecule has 1 heterocycles. The van der Waals surface area contributed by atoms with Crippen molar-refractivity contribution < 1.29 is 19.4 Å². The van der Waals surface area contributed by atoms with Crippen LogP contribution in [0.5, 0.6) is 0 Å². The number of nitro benzene ring substituents is 2. The number of hydrazine groups is 1. The summed E-state index contributed by atoms with van der Waals surface area (Å²) in [7, 11) is 0. The zero-order valence-corrected chi connectivity index (χ0v) is 15.9. The van der Waals surface area contributed by atoms with Gasteiger partial charge in [-0.05, 0) is 42.1 Å². The first-order valence-electron chi connectivity index (χ1n) is 7.84. The Hall–Kier alpha value is -3.64. The van der Waals surface area contributed by atoms with E-state index in [0.29, 0.717) is 5.56 Å². The number of hydrogen-bond donors (Lipinski definition) is 1. The van der Waals surface area contributed by atoms with Crippen LogP contribution >= 0.6 is 24.0 Å². The molecule has 0 bridgehead atoms. The number of carbonyl (C=O) groups excluding carboxylic acids is 2. The fraction of sp³-hybridized carbons (Fsp3) is 0. The van der Waals surface area contributed by atoms with Gasteiger partial charge in [-0.15, -0.1) is 0 Å². The zero-order valence-electron chi connectivity index (χ0n) is 14.3. The third kappa shape index (κ3) is 4.44. The van der Waals surface area contributed by atoms with E-state index in [1.807, 2.05) is 0 Å². The lowest BCUT2D eigenvalue weighted by Gasteiger charge is -2.15. The van der Waals surface area contributed by atoms with Gasteiger partial charge in [0.15, 0.2) is 4.32 Å². The summed E-state index contributed by atoms with van der Waals surface area (Å²) < 4.78 is 0.0712. The highest BCUT2D eigenvalue weighted by Gasteiger charge is 2.34. The van der Waals surface area contributed by atoms with E-state index in [4.69, 9.17) is 12.2 Å². The molecule has 2 amide bonds. The van der Waals surface area contributed by atoms with E-state index in [1.165, 1.54) is 48.5 Å². The number of thioether (sulfide) groups is 1. The molecule has 1 N–H and O–H groups in total. The van der Waals surface area contributed by atoms with Crippen molar-refractivity contribution >= 4 is 57.6 Å². The van der Waals surface area contributed by atoms with Crippen LogP contribution in [0.2, 0.25) is 0 Å². The van der Waals surface area contributed by atoms with Crippen molar-refractivity contribution in [2.75, 3.05) is 0 Å². The third-order valence-electron chi connectivity index (χ3n) is 3.73. The topological polar surface area (TPSA) is 136 Å². The Labute approximate surface area is 172 Å². The Morgan fingerprint density at radius 2 is 1.72 bits per heavy atom. The quantitative estimate of drug-likeness (QED) is 0.331. The molecule has 1 aliphatic heterocycles. The number of amides is 2. The lowest BCUT2D eigenvalue weighted by molar-refractivity contribution is -0.385. The summed E-state index contributed by atoms with van der Waals surface area (Å²) in [6.07, 6.45) is 1.49. The van der Waals surface area contributed by atoms with Crippen molar-refractivity contribution in [1.82, 2.24) is 10.4 Å². The highest BCUT2D eigenvalue weighted by molar-refractivity contribution is 8.26. The summed E-state index contributed by atoms with van der Waals surface area (Å²) in [5, 5.41) is 22.4. The van der Waals surface area contributed by atoms with Gasteiger partial charge < -0.3 is 0 Å².